The highest BCUT2D eigenvalue weighted by molar-refractivity contribution is 6.22. The largest absolute Gasteiger partial charge is 0.503 e. The minimum absolute atomic E-state index is 0.140. The third-order valence-electron chi connectivity index (χ3n) is 5.54. The van der Waals surface area contributed by atoms with E-state index >= 15 is 0 Å². The van der Waals surface area contributed by atoms with Crippen LogP contribution in [0.3, 0.4) is 0 Å². The Kier molecular flexibility index (Phi) is 4.85. The first-order valence-electron chi connectivity index (χ1n) is 10.2. The van der Waals surface area contributed by atoms with E-state index in [0.29, 0.717) is 22.6 Å². The van der Waals surface area contributed by atoms with Crippen LogP contribution in [-0.4, -0.2) is 27.0 Å². The summed E-state index contributed by atoms with van der Waals surface area (Å²) in [5.41, 5.74) is 5.19. The average Bonchev–Trinajstić information content (AvgIpc) is 3.37. The molecule has 0 saturated heterocycles. The Morgan fingerprint density at radius 3 is 2.36 bits per heavy atom. The van der Waals surface area contributed by atoms with E-state index in [1.807, 2.05) is 66.7 Å². The Morgan fingerprint density at radius 2 is 1.70 bits per heavy atom. The molecule has 0 saturated carbocycles. The molecule has 0 radical (unpaired) electrons. The molecule has 1 aliphatic rings. The molecule has 1 aromatic heterocycles. The number of benzene rings is 3. The lowest BCUT2D eigenvalue weighted by molar-refractivity contribution is 0.0697. The normalized spacial score (nSPS) is 13.1. The molecule has 0 unspecified atom stereocenters. The zero-order valence-electron chi connectivity index (χ0n) is 17.3. The second kappa shape index (κ2) is 7.98. The lowest BCUT2D eigenvalue weighted by Crippen LogP contribution is -1.98. The van der Waals surface area contributed by atoms with Crippen molar-refractivity contribution in [2.45, 2.75) is 0 Å². The molecular formula is C27H17N3O3. The highest BCUT2D eigenvalue weighted by Gasteiger charge is 2.25. The fraction of sp³-hybridized carbons (Fsp3) is 0. The molecular weight excluding hydrogens is 414 g/mol. The fourth-order valence-corrected chi connectivity index (χ4v) is 4.02. The molecule has 6 heteroatoms. The van der Waals surface area contributed by atoms with Crippen molar-refractivity contribution >= 4 is 35.2 Å². The maximum atomic E-state index is 11.3. The molecule has 3 aromatic carbocycles. The Balaban J connectivity index is 1.79. The van der Waals surface area contributed by atoms with Gasteiger partial charge in [-0.3, -0.25) is 9.56 Å². The molecule has 0 bridgehead atoms. The van der Waals surface area contributed by atoms with Gasteiger partial charge in [-0.05, 0) is 35.9 Å². The molecule has 0 atom stereocenters. The van der Waals surface area contributed by atoms with Crippen molar-refractivity contribution in [1.29, 1.82) is 0 Å². The summed E-state index contributed by atoms with van der Waals surface area (Å²) >= 11 is 0. The average molecular weight is 431 g/mol. The number of carboxylic acids is 1. The monoisotopic (exact) mass is 431 g/mol. The van der Waals surface area contributed by atoms with Crippen LogP contribution in [0.15, 0.2) is 83.9 Å². The molecule has 2 heterocycles. The molecule has 4 aromatic rings. The second-order valence-corrected chi connectivity index (χ2v) is 7.48. The zero-order valence-corrected chi connectivity index (χ0v) is 17.3. The molecule has 0 fully saturated rings. The van der Waals surface area contributed by atoms with Crippen molar-refractivity contribution in [3.63, 3.8) is 0 Å². The highest BCUT2D eigenvalue weighted by Crippen LogP contribution is 2.47. The van der Waals surface area contributed by atoms with Crippen LogP contribution in [0.25, 0.3) is 33.3 Å². The minimum atomic E-state index is -1.01. The van der Waals surface area contributed by atoms with Crippen molar-refractivity contribution in [3.05, 3.63) is 107 Å². The number of aromatic carboxylic acids is 1. The van der Waals surface area contributed by atoms with Crippen molar-refractivity contribution in [1.82, 2.24) is 4.57 Å². The van der Waals surface area contributed by atoms with E-state index < -0.39 is 5.97 Å². The van der Waals surface area contributed by atoms with Crippen molar-refractivity contribution in [2.75, 3.05) is 0 Å². The maximum Gasteiger partial charge on any atom is 0.335 e. The smallest absolute Gasteiger partial charge is 0.335 e. The highest BCUT2D eigenvalue weighted by atomic mass is 16.4. The molecule has 2 N–H and O–H groups in total. The SMILES string of the molecule is [C-]#[N+]c1c(-c2ccccc2)c(/C=C2/C=Nc3cc(C(=O)O)ccc32)n(-c2ccccc2)c1O. The number of carbonyl (C=O) groups is 1. The van der Waals surface area contributed by atoms with Crippen LogP contribution in [0.5, 0.6) is 5.88 Å². The van der Waals surface area contributed by atoms with E-state index in [-0.39, 0.29) is 17.1 Å². The number of aromatic nitrogens is 1. The van der Waals surface area contributed by atoms with E-state index in [1.54, 1.807) is 22.9 Å². The molecule has 158 valence electrons. The predicted molar refractivity (Wildman–Crippen MR) is 129 cm³/mol. The Bertz CT molecular complexity index is 1490. The van der Waals surface area contributed by atoms with Crippen molar-refractivity contribution in [3.8, 4) is 22.7 Å². The number of carboxylic acid groups (broad SMARTS) is 1. The number of nitrogens with zero attached hydrogens (tertiary/aromatic N) is 3. The van der Waals surface area contributed by atoms with E-state index in [4.69, 9.17) is 6.57 Å². The van der Waals surface area contributed by atoms with Gasteiger partial charge in [0.05, 0.1) is 17.8 Å². The number of hydrogen-bond acceptors (Lipinski definition) is 3. The van der Waals surface area contributed by atoms with Gasteiger partial charge in [0.2, 0.25) is 0 Å². The van der Waals surface area contributed by atoms with Crippen LogP contribution < -0.4 is 0 Å². The third-order valence-corrected chi connectivity index (χ3v) is 5.54. The van der Waals surface area contributed by atoms with Crippen LogP contribution in [-0.2, 0) is 0 Å². The lowest BCUT2D eigenvalue weighted by atomic mass is 10.00. The van der Waals surface area contributed by atoms with Crippen molar-refractivity contribution < 1.29 is 15.0 Å². The number of aromatic hydroxyl groups is 1. The van der Waals surface area contributed by atoms with Gasteiger partial charge in [0.25, 0.3) is 5.69 Å². The standard InChI is InChI=1S/C27H17N3O3/c1-28-25-24(17-8-4-2-5-9-17)23(30(26(25)31)20-10-6-3-7-11-20)15-19-16-29-22-14-18(27(32)33)12-13-21(19)22/h2-16,31H,(H,32,33)/b19-15-. The molecule has 33 heavy (non-hydrogen) atoms. The van der Waals surface area contributed by atoms with E-state index in [2.05, 4.69) is 9.84 Å². The van der Waals surface area contributed by atoms with Gasteiger partial charge in [0.15, 0.2) is 5.88 Å². The molecule has 0 spiro atoms. The quantitative estimate of drug-likeness (QED) is 0.369. The first-order chi connectivity index (χ1) is 16.1. The summed E-state index contributed by atoms with van der Waals surface area (Å²) in [4.78, 5) is 19.4. The van der Waals surface area contributed by atoms with Gasteiger partial charge in [0, 0.05) is 34.3 Å². The van der Waals surface area contributed by atoms with Gasteiger partial charge in [0.1, 0.15) is 0 Å². The molecule has 0 amide bonds. The summed E-state index contributed by atoms with van der Waals surface area (Å²) in [5.74, 6) is -1.15. The van der Waals surface area contributed by atoms with Crippen LogP contribution in [0.4, 0.5) is 11.4 Å². The number of hydrogen-bond donors (Lipinski definition) is 2. The summed E-state index contributed by atoms with van der Waals surface area (Å²) in [6, 6.07) is 23.6. The van der Waals surface area contributed by atoms with Crippen LogP contribution in [0.2, 0.25) is 0 Å². The summed E-state index contributed by atoms with van der Waals surface area (Å²) in [6.07, 6.45) is 3.54. The van der Waals surface area contributed by atoms with Gasteiger partial charge < -0.3 is 10.2 Å². The van der Waals surface area contributed by atoms with Gasteiger partial charge in [-0.1, -0.05) is 54.6 Å². The Morgan fingerprint density at radius 1 is 1.00 bits per heavy atom. The Labute approximate surface area is 189 Å². The van der Waals surface area contributed by atoms with Gasteiger partial charge >= 0.3 is 5.97 Å². The Hall–Kier alpha value is -4.89. The van der Waals surface area contributed by atoms with Crippen molar-refractivity contribution in [2.24, 2.45) is 4.99 Å². The number of rotatable bonds is 4. The van der Waals surface area contributed by atoms with Gasteiger partial charge in [-0.2, -0.15) is 0 Å². The topological polar surface area (TPSA) is 79.2 Å². The van der Waals surface area contributed by atoms with Gasteiger partial charge in [-0.15, -0.1) is 0 Å². The maximum absolute atomic E-state index is 11.3. The first-order valence-corrected chi connectivity index (χ1v) is 10.2. The van der Waals surface area contributed by atoms with E-state index in [1.165, 1.54) is 6.07 Å². The molecule has 5 rings (SSSR count). The third kappa shape index (κ3) is 3.38. The zero-order chi connectivity index (χ0) is 22.9. The molecule has 1 aliphatic heterocycles. The van der Waals surface area contributed by atoms with Crippen LogP contribution >= 0.6 is 0 Å². The number of fused-ring (bicyclic) bond motifs is 1. The number of aliphatic imine (C=N–C) groups is 1. The van der Waals surface area contributed by atoms with E-state index in [0.717, 1.165) is 16.7 Å². The minimum Gasteiger partial charge on any atom is -0.503 e. The lowest BCUT2D eigenvalue weighted by Gasteiger charge is -2.11. The van der Waals surface area contributed by atoms with Gasteiger partial charge in [-0.25, -0.2) is 9.64 Å². The van der Waals surface area contributed by atoms with Crippen LogP contribution in [0, 0.1) is 6.57 Å². The molecule has 0 aliphatic carbocycles. The molecule has 6 nitrogen and oxygen atoms in total. The summed E-state index contributed by atoms with van der Waals surface area (Å²) < 4.78 is 1.65. The number of allylic oxidation sites excluding steroid dienone is 1. The summed E-state index contributed by atoms with van der Waals surface area (Å²) in [7, 11) is 0. The second-order valence-electron chi connectivity index (χ2n) is 7.48. The first kappa shape index (κ1) is 20.0. The summed E-state index contributed by atoms with van der Waals surface area (Å²) in [5, 5.41) is 20.4. The van der Waals surface area contributed by atoms with E-state index in [9.17, 15) is 15.0 Å². The predicted octanol–water partition coefficient (Wildman–Crippen LogP) is 6.36. The van der Waals surface area contributed by atoms with Crippen LogP contribution in [0.1, 0.15) is 21.6 Å². The number of para-hydroxylation sites is 1. The summed E-state index contributed by atoms with van der Waals surface area (Å²) in [6.45, 7) is 7.76. The fourth-order valence-electron chi connectivity index (χ4n) is 4.02.